The van der Waals surface area contributed by atoms with E-state index in [2.05, 4.69) is 5.32 Å². The summed E-state index contributed by atoms with van der Waals surface area (Å²) in [5.41, 5.74) is -0.216. The van der Waals surface area contributed by atoms with Gasteiger partial charge in [0.2, 0.25) is 5.91 Å². The first-order chi connectivity index (χ1) is 14.2. The third-order valence-corrected chi connectivity index (χ3v) is 6.15. The van der Waals surface area contributed by atoms with Crippen LogP contribution < -0.4 is 19.1 Å². The Hall–Kier alpha value is -2.81. The summed E-state index contributed by atoms with van der Waals surface area (Å²) in [5.74, 6) is -0.350. The van der Waals surface area contributed by atoms with Gasteiger partial charge in [-0.3, -0.25) is 9.10 Å². The van der Waals surface area contributed by atoms with Gasteiger partial charge in [0.15, 0.2) is 11.5 Å². The highest BCUT2D eigenvalue weighted by atomic mass is 32.2. The smallest absolute Gasteiger partial charge is 0.265 e. The van der Waals surface area contributed by atoms with Crippen LogP contribution in [0.3, 0.4) is 0 Å². The topological polar surface area (TPSA) is 84.9 Å². The minimum atomic E-state index is -4.27. The van der Waals surface area contributed by atoms with Gasteiger partial charge in [0, 0.05) is 12.6 Å². The maximum absolute atomic E-state index is 14.5. The second-order valence-corrected chi connectivity index (χ2v) is 8.87. The predicted molar refractivity (Wildman–Crippen MR) is 113 cm³/mol. The van der Waals surface area contributed by atoms with Crippen LogP contribution in [-0.2, 0) is 14.8 Å². The van der Waals surface area contributed by atoms with Gasteiger partial charge >= 0.3 is 0 Å². The fourth-order valence-electron chi connectivity index (χ4n) is 2.74. The highest BCUT2D eigenvalue weighted by molar-refractivity contribution is 7.92. The number of benzene rings is 2. The average molecular weight is 439 g/mol. The maximum Gasteiger partial charge on any atom is 0.265 e. The lowest BCUT2D eigenvalue weighted by Crippen LogP contribution is -2.41. The van der Waals surface area contributed by atoms with Crippen LogP contribution in [0.25, 0.3) is 0 Å². The summed E-state index contributed by atoms with van der Waals surface area (Å²) in [6.45, 7) is 3.87. The molecule has 0 aliphatic heterocycles. The van der Waals surface area contributed by atoms with Crippen LogP contribution in [0.15, 0.2) is 47.4 Å². The van der Waals surface area contributed by atoms with E-state index in [0.29, 0.717) is 18.2 Å². The number of methoxy groups -OCH3 is 2. The van der Waals surface area contributed by atoms with Crippen molar-refractivity contribution in [3.05, 3.63) is 48.3 Å². The molecule has 2 aromatic rings. The Bertz CT molecular complexity index is 979. The summed E-state index contributed by atoms with van der Waals surface area (Å²) in [5, 5.41) is 2.69. The molecule has 1 amide bonds. The number of nitrogens with one attached hydrogen (secondary N) is 1. The quantitative estimate of drug-likeness (QED) is 0.616. The summed E-state index contributed by atoms with van der Waals surface area (Å²) in [4.78, 5) is 12.3. The molecule has 0 radical (unpaired) electrons. The van der Waals surface area contributed by atoms with E-state index in [9.17, 15) is 17.6 Å². The largest absolute Gasteiger partial charge is 0.493 e. The molecule has 0 spiro atoms. The van der Waals surface area contributed by atoms with E-state index in [1.54, 1.807) is 0 Å². The number of carbonyl (C=O) groups is 1. The summed E-state index contributed by atoms with van der Waals surface area (Å²) < 4.78 is 52.3. The first-order valence-corrected chi connectivity index (χ1v) is 10.9. The highest BCUT2D eigenvalue weighted by Gasteiger charge is 2.30. The number of hydrogen-bond donors (Lipinski definition) is 1. The molecule has 2 rings (SSSR count). The summed E-state index contributed by atoms with van der Waals surface area (Å²) in [6.07, 6.45) is 0.744. The monoisotopic (exact) mass is 438 g/mol. The molecule has 30 heavy (non-hydrogen) atoms. The van der Waals surface area contributed by atoms with Gasteiger partial charge in [-0.05, 0) is 36.6 Å². The maximum atomic E-state index is 14.5. The zero-order valence-electron chi connectivity index (χ0n) is 17.5. The molecule has 0 aromatic heterocycles. The molecular formula is C21H27FN2O5S. The lowest BCUT2D eigenvalue weighted by Gasteiger charge is -2.25. The third-order valence-electron chi connectivity index (χ3n) is 4.40. The Labute approximate surface area is 176 Å². The number of para-hydroxylation sites is 1. The van der Waals surface area contributed by atoms with Gasteiger partial charge in [0.1, 0.15) is 12.4 Å². The van der Waals surface area contributed by atoms with Crippen LogP contribution in [0.1, 0.15) is 20.3 Å². The molecule has 2 aromatic carbocycles. The van der Waals surface area contributed by atoms with Crippen LogP contribution in [0.5, 0.6) is 11.5 Å². The molecule has 0 saturated carbocycles. The normalized spacial score (nSPS) is 11.3. The Balaban J connectivity index is 2.43. The third kappa shape index (κ3) is 5.63. The number of anilines is 1. The molecule has 7 nitrogen and oxygen atoms in total. The van der Waals surface area contributed by atoms with Crippen molar-refractivity contribution in [2.75, 3.05) is 31.6 Å². The second-order valence-electron chi connectivity index (χ2n) is 7.01. The zero-order valence-corrected chi connectivity index (χ0v) is 18.3. The van der Waals surface area contributed by atoms with Crippen LogP contribution in [0, 0.1) is 11.7 Å². The number of rotatable bonds is 10. The Morgan fingerprint density at radius 3 is 2.37 bits per heavy atom. The first kappa shape index (κ1) is 23.5. The standard InChI is InChI=1S/C21H27FN2O5S/c1-15(2)11-12-23-21(25)14-24(18-8-6-5-7-17(18)22)30(26,27)16-9-10-19(28-3)20(13-16)29-4/h5-10,13,15H,11-12,14H2,1-4H3,(H,23,25). The number of halogens is 1. The first-order valence-electron chi connectivity index (χ1n) is 9.46. The van der Waals surface area contributed by atoms with E-state index < -0.39 is 28.3 Å². The molecule has 0 atom stereocenters. The van der Waals surface area contributed by atoms with Gasteiger partial charge in [0.25, 0.3) is 10.0 Å². The summed E-state index contributed by atoms with van der Waals surface area (Å²) in [6, 6.07) is 9.45. The van der Waals surface area contributed by atoms with Crippen molar-refractivity contribution in [2.45, 2.75) is 25.2 Å². The van der Waals surface area contributed by atoms with E-state index in [4.69, 9.17) is 9.47 Å². The van der Waals surface area contributed by atoms with Crippen molar-refractivity contribution in [1.29, 1.82) is 0 Å². The van der Waals surface area contributed by atoms with Gasteiger partial charge in [-0.25, -0.2) is 12.8 Å². The van der Waals surface area contributed by atoms with E-state index in [-0.39, 0.29) is 16.3 Å². The van der Waals surface area contributed by atoms with Crippen LogP contribution >= 0.6 is 0 Å². The Kier molecular flexibility index (Phi) is 8.05. The van der Waals surface area contributed by atoms with Crippen LogP contribution in [-0.4, -0.2) is 41.6 Å². The lowest BCUT2D eigenvalue weighted by atomic mass is 10.1. The van der Waals surface area contributed by atoms with E-state index >= 15 is 0 Å². The molecule has 0 saturated heterocycles. The molecule has 0 aliphatic carbocycles. The van der Waals surface area contributed by atoms with Gasteiger partial charge in [-0.1, -0.05) is 26.0 Å². The van der Waals surface area contributed by atoms with E-state index in [1.807, 2.05) is 13.8 Å². The minimum Gasteiger partial charge on any atom is -0.493 e. The molecule has 0 bridgehead atoms. The molecule has 0 unspecified atom stereocenters. The van der Waals surface area contributed by atoms with Gasteiger partial charge < -0.3 is 14.8 Å². The molecule has 1 N–H and O–H groups in total. The van der Waals surface area contributed by atoms with Gasteiger partial charge in [-0.2, -0.15) is 0 Å². The highest BCUT2D eigenvalue weighted by Crippen LogP contribution is 2.32. The van der Waals surface area contributed by atoms with E-state index in [1.165, 1.54) is 50.6 Å². The van der Waals surface area contributed by atoms with Crippen molar-refractivity contribution in [2.24, 2.45) is 5.92 Å². The molecule has 9 heteroatoms. The fraction of sp³-hybridized carbons (Fsp3) is 0.381. The number of carbonyl (C=O) groups excluding carboxylic acids is 1. The Morgan fingerprint density at radius 1 is 1.10 bits per heavy atom. The van der Waals surface area contributed by atoms with Gasteiger partial charge in [0.05, 0.1) is 24.8 Å². The second kappa shape index (κ2) is 10.3. The van der Waals surface area contributed by atoms with Gasteiger partial charge in [-0.15, -0.1) is 0 Å². The number of nitrogens with zero attached hydrogens (tertiary/aromatic N) is 1. The van der Waals surface area contributed by atoms with Crippen LogP contribution in [0.4, 0.5) is 10.1 Å². The zero-order chi connectivity index (χ0) is 22.3. The number of sulfonamides is 1. The molecule has 164 valence electrons. The molecule has 0 fully saturated rings. The SMILES string of the molecule is COc1ccc(S(=O)(=O)N(CC(=O)NCCC(C)C)c2ccccc2F)cc1OC. The molecule has 0 aliphatic rings. The number of amides is 1. The van der Waals surface area contributed by atoms with Crippen molar-refractivity contribution >= 4 is 21.6 Å². The molecular weight excluding hydrogens is 411 g/mol. The van der Waals surface area contributed by atoms with Crippen molar-refractivity contribution in [3.8, 4) is 11.5 Å². The summed E-state index contributed by atoms with van der Waals surface area (Å²) >= 11 is 0. The van der Waals surface area contributed by atoms with Crippen LogP contribution in [0.2, 0.25) is 0 Å². The Morgan fingerprint density at radius 2 is 1.77 bits per heavy atom. The summed E-state index contributed by atoms with van der Waals surface area (Å²) in [7, 11) is -1.46. The lowest BCUT2D eigenvalue weighted by molar-refractivity contribution is -0.119. The molecule has 0 heterocycles. The fourth-order valence-corrected chi connectivity index (χ4v) is 4.19. The average Bonchev–Trinajstić information content (AvgIpc) is 2.71. The number of ether oxygens (including phenoxy) is 2. The van der Waals surface area contributed by atoms with Crippen molar-refractivity contribution in [3.63, 3.8) is 0 Å². The minimum absolute atomic E-state index is 0.154. The van der Waals surface area contributed by atoms with E-state index in [0.717, 1.165) is 16.8 Å². The predicted octanol–water partition coefficient (Wildman–Crippen LogP) is 3.20. The van der Waals surface area contributed by atoms with Crippen molar-refractivity contribution < 1.29 is 27.1 Å². The number of hydrogen-bond acceptors (Lipinski definition) is 5. The van der Waals surface area contributed by atoms with Crippen molar-refractivity contribution in [1.82, 2.24) is 5.32 Å².